The van der Waals surface area contributed by atoms with E-state index >= 15 is 0 Å². The van der Waals surface area contributed by atoms with E-state index in [1.807, 2.05) is 6.92 Å². The minimum atomic E-state index is 0.327. The minimum Gasteiger partial charge on any atom is -0.300 e. The molecule has 0 bridgehead atoms. The maximum atomic E-state index is 11.5. The number of unbranched alkanes of at least 4 members (excludes halogenated alkanes) is 2. The van der Waals surface area contributed by atoms with Gasteiger partial charge in [0.05, 0.1) is 0 Å². The van der Waals surface area contributed by atoms with Gasteiger partial charge in [-0.15, -0.1) is 0 Å². The molecule has 1 aromatic rings. The van der Waals surface area contributed by atoms with Gasteiger partial charge in [-0.1, -0.05) is 38.2 Å². The van der Waals surface area contributed by atoms with Gasteiger partial charge >= 0.3 is 0 Å². The zero-order chi connectivity index (χ0) is 15.0. The highest BCUT2D eigenvalue weighted by Crippen LogP contribution is 2.17. The molecule has 1 rings (SSSR count). The van der Waals surface area contributed by atoms with Crippen LogP contribution >= 0.6 is 0 Å². The Balaban J connectivity index is 2.91. The van der Waals surface area contributed by atoms with Gasteiger partial charge in [0.1, 0.15) is 5.78 Å². The van der Waals surface area contributed by atoms with Crippen LogP contribution in [0.4, 0.5) is 0 Å². The molecular formula is C19H26O. The van der Waals surface area contributed by atoms with E-state index in [0.717, 1.165) is 24.8 Å². The number of benzene rings is 1. The molecule has 20 heavy (non-hydrogen) atoms. The number of ketones is 1. The third-order valence-electron chi connectivity index (χ3n) is 3.67. The van der Waals surface area contributed by atoms with Crippen molar-refractivity contribution in [2.24, 2.45) is 0 Å². The second-order valence-corrected chi connectivity index (χ2v) is 5.39. The summed E-state index contributed by atoms with van der Waals surface area (Å²) >= 11 is 0. The van der Waals surface area contributed by atoms with Crippen molar-refractivity contribution >= 4 is 5.78 Å². The van der Waals surface area contributed by atoms with Gasteiger partial charge in [-0.3, -0.25) is 4.79 Å². The monoisotopic (exact) mass is 270 g/mol. The Morgan fingerprint density at radius 2 is 1.85 bits per heavy atom. The molecule has 0 amide bonds. The average Bonchev–Trinajstić information content (AvgIpc) is 2.44. The summed E-state index contributed by atoms with van der Waals surface area (Å²) in [5.74, 6) is 6.88. The number of aryl methyl sites for hydroxylation is 3. The van der Waals surface area contributed by atoms with Gasteiger partial charge in [-0.05, 0) is 49.4 Å². The molecule has 0 atom stereocenters. The molecule has 1 nitrogen and oxygen atoms in total. The van der Waals surface area contributed by atoms with Crippen molar-refractivity contribution in [2.45, 2.75) is 66.2 Å². The summed E-state index contributed by atoms with van der Waals surface area (Å²) < 4.78 is 0. The predicted molar refractivity (Wildman–Crippen MR) is 85.9 cm³/mol. The topological polar surface area (TPSA) is 17.1 Å². The van der Waals surface area contributed by atoms with Gasteiger partial charge in [-0.2, -0.15) is 0 Å². The standard InChI is InChI=1S/C19H26O/c1-5-7-8-9-10-17-13-15(3)16(4)14-18(17)11-12-19(20)6-2/h13-14H,5-8,11-12H2,1-4H3. The molecule has 0 aliphatic rings. The van der Waals surface area contributed by atoms with Crippen LogP contribution in [0.15, 0.2) is 12.1 Å². The van der Waals surface area contributed by atoms with E-state index in [1.54, 1.807) is 0 Å². The van der Waals surface area contributed by atoms with E-state index in [9.17, 15) is 4.79 Å². The Morgan fingerprint density at radius 1 is 1.15 bits per heavy atom. The number of Topliss-reactive ketones (excluding diaryl/α,β-unsaturated/α-hetero) is 1. The van der Waals surface area contributed by atoms with Crippen molar-refractivity contribution in [3.8, 4) is 11.8 Å². The summed E-state index contributed by atoms with van der Waals surface area (Å²) in [4.78, 5) is 11.5. The first-order valence-electron chi connectivity index (χ1n) is 7.69. The Labute approximate surface area is 123 Å². The van der Waals surface area contributed by atoms with Crippen LogP contribution in [0, 0.1) is 25.7 Å². The van der Waals surface area contributed by atoms with E-state index in [4.69, 9.17) is 0 Å². The Kier molecular flexibility index (Phi) is 7.09. The predicted octanol–water partition coefficient (Wildman–Crippen LogP) is 4.76. The van der Waals surface area contributed by atoms with Crippen molar-refractivity contribution in [3.05, 3.63) is 34.4 Å². The van der Waals surface area contributed by atoms with Crippen molar-refractivity contribution in [3.63, 3.8) is 0 Å². The van der Waals surface area contributed by atoms with E-state index < -0.39 is 0 Å². The third-order valence-corrected chi connectivity index (χ3v) is 3.67. The second-order valence-electron chi connectivity index (χ2n) is 5.39. The molecule has 0 aromatic heterocycles. The van der Waals surface area contributed by atoms with E-state index in [2.05, 4.69) is 44.7 Å². The number of carbonyl (C=O) groups excluding carboxylic acids is 1. The fraction of sp³-hybridized carbons (Fsp3) is 0.526. The number of hydrogen-bond acceptors (Lipinski definition) is 1. The molecule has 1 heteroatoms. The lowest BCUT2D eigenvalue weighted by atomic mass is 9.96. The Hall–Kier alpha value is -1.55. The summed E-state index contributed by atoms with van der Waals surface area (Å²) in [6.45, 7) is 8.34. The number of carbonyl (C=O) groups is 1. The third kappa shape index (κ3) is 5.21. The Morgan fingerprint density at radius 3 is 2.50 bits per heavy atom. The van der Waals surface area contributed by atoms with Crippen LogP contribution in [0.25, 0.3) is 0 Å². The SMILES string of the molecule is CCCCC#Cc1cc(C)c(C)cc1CCC(=O)CC. The Bertz CT molecular complexity index is 515. The molecule has 0 aliphatic heterocycles. The van der Waals surface area contributed by atoms with E-state index in [0.29, 0.717) is 18.6 Å². The highest BCUT2D eigenvalue weighted by Gasteiger charge is 2.06. The summed E-state index contributed by atoms with van der Waals surface area (Å²) in [7, 11) is 0. The number of hydrogen-bond donors (Lipinski definition) is 0. The van der Waals surface area contributed by atoms with Crippen LogP contribution in [0.2, 0.25) is 0 Å². The molecule has 0 heterocycles. The molecule has 108 valence electrons. The molecule has 0 radical (unpaired) electrons. The maximum Gasteiger partial charge on any atom is 0.132 e. The summed E-state index contributed by atoms with van der Waals surface area (Å²) in [5.41, 5.74) is 4.88. The van der Waals surface area contributed by atoms with Crippen LogP contribution in [0.1, 0.15) is 68.2 Å². The van der Waals surface area contributed by atoms with E-state index in [-0.39, 0.29) is 0 Å². The molecule has 0 saturated heterocycles. The lowest BCUT2D eigenvalue weighted by Crippen LogP contribution is -2.01. The van der Waals surface area contributed by atoms with E-state index in [1.165, 1.54) is 23.1 Å². The molecule has 0 N–H and O–H groups in total. The first-order valence-corrected chi connectivity index (χ1v) is 7.69. The fourth-order valence-electron chi connectivity index (χ4n) is 2.07. The normalized spacial score (nSPS) is 10.0. The van der Waals surface area contributed by atoms with Crippen LogP contribution < -0.4 is 0 Å². The molecule has 0 spiro atoms. The molecule has 0 aliphatic carbocycles. The zero-order valence-corrected chi connectivity index (χ0v) is 13.3. The molecule has 0 fully saturated rings. The van der Waals surface area contributed by atoms with Crippen molar-refractivity contribution in [1.29, 1.82) is 0 Å². The van der Waals surface area contributed by atoms with Crippen molar-refractivity contribution in [2.75, 3.05) is 0 Å². The van der Waals surface area contributed by atoms with Crippen LogP contribution in [-0.2, 0) is 11.2 Å². The smallest absolute Gasteiger partial charge is 0.132 e. The first kappa shape index (κ1) is 16.5. The summed E-state index contributed by atoms with van der Waals surface area (Å²) in [6, 6.07) is 4.36. The van der Waals surface area contributed by atoms with Crippen LogP contribution in [0.5, 0.6) is 0 Å². The number of rotatable bonds is 6. The van der Waals surface area contributed by atoms with Gasteiger partial charge in [0, 0.05) is 24.8 Å². The highest BCUT2D eigenvalue weighted by atomic mass is 16.1. The van der Waals surface area contributed by atoms with Gasteiger partial charge in [0.25, 0.3) is 0 Å². The van der Waals surface area contributed by atoms with Gasteiger partial charge in [0.2, 0.25) is 0 Å². The molecule has 0 unspecified atom stereocenters. The average molecular weight is 270 g/mol. The minimum absolute atomic E-state index is 0.327. The largest absolute Gasteiger partial charge is 0.300 e. The lowest BCUT2D eigenvalue weighted by molar-refractivity contribution is -0.118. The maximum absolute atomic E-state index is 11.5. The van der Waals surface area contributed by atoms with Gasteiger partial charge < -0.3 is 0 Å². The van der Waals surface area contributed by atoms with Crippen molar-refractivity contribution < 1.29 is 4.79 Å². The summed E-state index contributed by atoms with van der Waals surface area (Å²) in [6.07, 6.45) is 5.36. The molecule has 0 saturated carbocycles. The second kappa shape index (κ2) is 8.59. The fourth-order valence-corrected chi connectivity index (χ4v) is 2.07. The first-order chi connectivity index (χ1) is 9.58. The summed E-state index contributed by atoms with van der Waals surface area (Å²) in [5, 5.41) is 0. The molecular weight excluding hydrogens is 244 g/mol. The zero-order valence-electron chi connectivity index (χ0n) is 13.3. The van der Waals surface area contributed by atoms with Crippen LogP contribution in [-0.4, -0.2) is 5.78 Å². The lowest BCUT2D eigenvalue weighted by Gasteiger charge is -2.08. The van der Waals surface area contributed by atoms with Gasteiger partial charge in [-0.25, -0.2) is 0 Å². The van der Waals surface area contributed by atoms with Crippen molar-refractivity contribution in [1.82, 2.24) is 0 Å². The quantitative estimate of drug-likeness (QED) is 0.538. The van der Waals surface area contributed by atoms with Crippen LogP contribution in [0.3, 0.4) is 0 Å². The molecule has 1 aromatic carbocycles. The highest BCUT2D eigenvalue weighted by molar-refractivity contribution is 5.78. The van der Waals surface area contributed by atoms with Gasteiger partial charge in [0.15, 0.2) is 0 Å².